The van der Waals surface area contributed by atoms with Gasteiger partial charge in [0.15, 0.2) is 0 Å². The summed E-state index contributed by atoms with van der Waals surface area (Å²) in [7, 11) is 1.40. The molecule has 2 saturated carbocycles. The van der Waals surface area contributed by atoms with E-state index in [4.69, 9.17) is 19.1 Å². The number of nitrogens with zero attached hydrogens (tertiary/aromatic N) is 4. The summed E-state index contributed by atoms with van der Waals surface area (Å²) in [6.07, 6.45) is 13.2. The highest BCUT2D eigenvalue weighted by molar-refractivity contribution is 5.94. The Morgan fingerprint density at radius 3 is 2.46 bits per heavy atom. The fourth-order valence-electron chi connectivity index (χ4n) is 6.76. The first-order chi connectivity index (χ1) is 19.2. The summed E-state index contributed by atoms with van der Waals surface area (Å²) in [4.78, 5) is 22.6. The summed E-state index contributed by atoms with van der Waals surface area (Å²) >= 11 is 0. The number of methoxy groups -OCH3 is 1. The third-order valence-electron chi connectivity index (χ3n) is 8.70. The van der Waals surface area contributed by atoms with Crippen molar-refractivity contribution < 1.29 is 13.9 Å². The van der Waals surface area contributed by atoms with Crippen LogP contribution < -0.4 is 0 Å². The molecule has 3 aromatic heterocycles. The van der Waals surface area contributed by atoms with Gasteiger partial charge in [0, 0.05) is 17.5 Å². The lowest BCUT2D eigenvalue weighted by Crippen LogP contribution is -2.15. The Bertz CT molecular complexity index is 1630. The van der Waals surface area contributed by atoms with Gasteiger partial charge < -0.3 is 18.3 Å². The molecule has 7 rings (SSSR count). The number of hydrogen-bond donors (Lipinski definition) is 0. The van der Waals surface area contributed by atoms with Crippen molar-refractivity contribution in [2.24, 2.45) is 0 Å². The summed E-state index contributed by atoms with van der Waals surface area (Å²) in [5.74, 6) is 3.16. The van der Waals surface area contributed by atoms with Crippen molar-refractivity contribution >= 4 is 28.0 Å². The number of aromatic nitrogens is 4. The van der Waals surface area contributed by atoms with Gasteiger partial charge in [0.2, 0.25) is 0 Å². The van der Waals surface area contributed by atoms with Gasteiger partial charge in [-0.05, 0) is 74.2 Å². The third-order valence-corrected chi connectivity index (χ3v) is 8.70. The zero-order valence-electron chi connectivity index (χ0n) is 22.4. The van der Waals surface area contributed by atoms with Crippen molar-refractivity contribution in [1.82, 2.24) is 19.1 Å². The molecule has 7 heteroatoms. The van der Waals surface area contributed by atoms with E-state index in [0.717, 1.165) is 33.7 Å². The van der Waals surface area contributed by atoms with Crippen molar-refractivity contribution in [2.45, 2.75) is 76.3 Å². The molecule has 7 nitrogen and oxygen atoms in total. The fraction of sp³-hybridized carbons (Fsp3) is 0.406. The van der Waals surface area contributed by atoms with Gasteiger partial charge in [0.1, 0.15) is 17.4 Å². The first-order valence-electron chi connectivity index (χ1n) is 14.3. The van der Waals surface area contributed by atoms with Crippen LogP contribution in [-0.2, 0) is 11.3 Å². The van der Waals surface area contributed by atoms with Crippen LogP contribution in [0.3, 0.4) is 0 Å². The van der Waals surface area contributed by atoms with Crippen LogP contribution in [0.25, 0.3) is 33.5 Å². The van der Waals surface area contributed by atoms with E-state index < -0.39 is 0 Å². The van der Waals surface area contributed by atoms with Crippen molar-refractivity contribution in [1.29, 1.82) is 0 Å². The van der Waals surface area contributed by atoms with Crippen molar-refractivity contribution in [2.75, 3.05) is 7.11 Å². The van der Waals surface area contributed by atoms with E-state index >= 15 is 0 Å². The largest absolute Gasteiger partial charge is 0.467 e. The van der Waals surface area contributed by atoms with Crippen LogP contribution >= 0.6 is 0 Å². The number of carbonyl (C=O) groups is 1. The van der Waals surface area contributed by atoms with Crippen molar-refractivity contribution in [3.63, 3.8) is 0 Å². The van der Waals surface area contributed by atoms with Crippen LogP contribution in [0, 0.1) is 0 Å². The van der Waals surface area contributed by atoms with E-state index in [-0.39, 0.29) is 5.97 Å². The first kappa shape index (κ1) is 24.2. The SMILES string of the molecule is COC(=O)c1ccc2c(c1)nc(-c1ccc3c(c1)nc(C1CCCCC1)n3C1CCCC1)n2Cc1ccco1. The first-order valence-corrected chi connectivity index (χ1v) is 14.3. The maximum Gasteiger partial charge on any atom is 0.337 e. The summed E-state index contributed by atoms with van der Waals surface area (Å²) in [5.41, 5.74) is 5.48. The molecule has 5 aromatic rings. The number of hydrogen-bond acceptors (Lipinski definition) is 5. The van der Waals surface area contributed by atoms with Crippen LogP contribution in [0.4, 0.5) is 0 Å². The zero-order valence-corrected chi connectivity index (χ0v) is 22.4. The quantitative estimate of drug-likeness (QED) is 0.214. The van der Waals surface area contributed by atoms with Gasteiger partial charge in [-0.1, -0.05) is 32.1 Å². The van der Waals surface area contributed by atoms with Gasteiger partial charge in [-0.15, -0.1) is 0 Å². The predicted octanol–water partition coefficient (Wildman–Crippen LogP) is 7.64. The highest BCUT2D eigenvalue weighted by Crippen LogP contribution is 2.40. The van der Waals surface area contributed by atoms with Crippen LogP contribution in [0.2, 0.25) is 0 Å². The highest BCUT2D eigenvalue weighted by atomic mass is 16.5. The lowest BCUT2D eigenvalue weighted by atomic mass is 9.88. The molecular weight excluding hydrogens is 488 g/mol. The van der Waals surface area contributed by atoms with Gasteiger partial charge >= 0.3 is 5.97 Å². The fourth-order valence-corrected chi connectivity index (χ4v) is 6.76. The van der Waals surface area contributed by atoms with Crippen LogP contribution in [-0.4, -0.2) is 32.2 Å². The summed E-state index contributed by atoms with van der Waals surface area (Å²) in [6, 6.07) is 16.6. The molecule has 0 bridgehead atoms. The van der Waals surface area contributed by atoms with Gasteiger partial charge in [-0.25, -0.2) is 14.8 Å². The van der Waals surface area contributed by atoms with Crippen molar-refractivity contribution in [3.8, 4) is 11.4 Å². The van der Waals surface area contributed by atoms with Gasteiger partial charge in [-0.3, -0.25) is 0 Å². The molecule has 0 atom stereocenters. The second-order valence-corrected chi connectivity index (χ2v) is 11.1. The standard InChI is InChI=1S/C32H34N4O3/c1-38-32(37)23-14-15-28-26(19-23)33-30(35(28)20-25-12-7-17-39-25)22-13-16-29-27(18-22)34-31(21-8-3-2-4-9-21)36(29)24-10-5-6-11-24/h7,12-19,21,24H,2-6,8-11,20H2,1H3. The Morgan fingerprint density at radius 2 is 1.69 bits per heavy atom. The Labute approximate surface area is 227 Å². The normalized spacial score (nSPS) is 16.9. The summed E-state index contributed by atoms with van der Waals surface area (Å²) < 4.78 is 15.4. The number of fused-ring (bicyclic) bond motifs is 2. The van der Waals surface area contributed by atoms with Crippen LogP contribution in [0.15, 0.2) is 59.2 Å². The lowest BCUT2D eigenvalue weighted by molar-refractivity contribution is 0.0601. The number of rotatable bonds is 6. The number of furan rings is 1. The smallest absolute Gasteiger partial charge is 0.337 e. The van der Waals surface area contributed by atoms with Crippen LogP contribution in [0.1, 0.15) is 91.7 Å². The minimum Gasteiger partial charge on any atom is -0.467 e. The topological polar surface area (TPSA) is 75.1 Å². The Balaban J connectivity index is 1.37. The van der Waals surface area contributed by atoms with Gasteiger partial charge in [0.25, 0.3) is 0 Å². The zero-order chi connectivity index (χ0) is 26.3. The minimum absolute atomic E-state index is 0.367. The van der Waals surface area contributed by atoms with Gasteiger partial charge in [0.05, 0.1) is 47.5 Å². The average Bonchev–Trinajstić information content (AvgIpc) is 3.79. The van der Waals surface area contributed by atoms with E-state index in [0.29, 0.717) is 24.1 Å². The number of esters is 1. The lowest BCUT2D eigenvalue weighted by Gasteiger charge is -2.25. The molecule has 2 aliphatic rings. The Morgan fingerprint density at radius 1 is 0.923 bits per heavy atom. The molecule has 3 heterocycles. The summed E-state index contributed by atoms with van der Waals surface area (Å²) in [6.45, 7) is 0.540. The monoisotopic (exact) mass is 522 g/mol. The van der Waals surface area contributed by atoms with E-state index in [9.17, 15) is 4.79 Å². The molecule has 0 spiro atoms. The van der Waals surface area contributed by atoms with E-state index in [2.05, 4.69) is 27.3 Å². The summed E-state index contributed by atoms with van der Waals surface area (Å²) in [5, 5.41) is 0. The Kier molecular flexibility index (Phi) is 6.22. The molecular formula is C32H34N4O3. The molecule has 0 amide bonds. The molecule has 2 aliphatic carbocycles. The maximum atomic E-state index is 12.2. The molecule has 39 heavy (non-hydrogen) atoms. The van der Waals surface area contributed by atoms with Crippen LogP contribution in [0.5, 0.6) is 0 Å². The number of ether oxygens (including phenoxy) is 1. The Hall–Kier alpha value is -3.87. The van der Waals surface area contributed by atoms with Crippen molar-refractivity contribution in [3.05, 3.63) is 71.9 Å². The molecule has 0 saturated heterocycles. The van der Waals surface area contributed by atoms with E-state index in [1.54, 1.807) is 18.4 Å². The highest BCUT2D eigenvalue weighted by Gasteiger charge is 2.28. The number of carbonyl (C=O) groups excluding carboxylic acids is 1. The van der Waals surface area contributed by atoms with E-state index in [1.807, 2.05) is 18.2 Å². The minimum atomic E-state index is -0.367. The third kappa shape index (κ3) is 4.34. The second kappa shape index (κ2) is 10.0. The molecule has 200 valence electrons. The van der Waals surface area contributed by atoms with E-state index in [1.165, 1.54) is 76.2 Å². The number of imidazole rings is 2. The second-order valence-electron chi connectivity index (χ2n) is 11.1. The molecule has 0 aliphatic heterocycles. The molecule has 0 radical (unpaired) electrons. The molecule has 2 fully saturated rings. The molecule has 0 unspecified atom stereocenters. The maximum absolute atomic E-state index is 12.2. The molecule has 2 aromatic carbocycles. The molecule has 0 N–H and O–H groups in total. The average molecular weight is 523 g/mol. The number of benzene rings is 2. The van der Waals surface area contributed by atoms with Gasteiger partial charge in [-0.2, -0.15) is 0 Å². The predicted molar refractivity (Wildman–Crippen MR) is 151 cm³/mol.